The third kappa shape index (κ3) is 3.97. The summed E-state index contributed by atoms with van der Waals surface area (Å²) in [4.78, 5) is 14.4. The van der Waals surface area contributed by atoms with Crippen molar-refractivity contribution in [3.8, 4) is 0 Å². The van der Waals surface area contributed by atoms with E-state index in [9.17, 15) is 4.79 Å². The van der Waals surface area contributed by atoms with Gasteiger partial charge in [0.2, 0.25) is 5.91 Å². The minimum atomic E-state index is -0.133. The normalized spacial score (nSPS) is 18.7. The second kappa shape index (κ2) is 7.65. The Labute approximate surface area is 126 Å². The van der Waals surface area contributed by atoms with E-state index in [2.05, 4.69) is 34.5 Å². The van der Waals surface area contributed by atoms with Crippen LogP contribution in [-0.2, 0) is 4.79 Å². The van der Waals surface area contributed by atoms with E-state index >= 15 is 0 Å². The van der Waals surface area contributed by atoms with Crippen molar-refractivity contribution in [3.63, 3.8) is 0 Å². The quantitative estimate of drug-likeness (QED) is 0.818. The molecule has 110 valence electrons. The highest BCUT2D eigenvalue weighted by molar-refractivity contribution is 6.19. The van der Waals surface area contributed by atoms with Crippen LogP contribution >= 0.6 is 11.6 Å². The van der Waals surface area contributed by atoms with Crippen LogP contribution in [0.15, 0.2) is 30.3 Å². The summed E-state index contributed by atoms with van der Waals surface area (Å²) in [7, 11) is 0. The molecule has 0 aromatic heterocycles. The highest BCUT2D eigenvalue weighted by atomic mass is 35.5. The summed E-state index contributed by atoms with van der Waals surface area (Å²) >= 11 is 5.74. The minimum absolute atomic E-state index is 0.0418. The topological polar surface area (TPSA) is 32.3 Å². The van der Waals surface area contributed by atoms with Crippen LogP contribution in [0.3, 0.4) is 0 Å². The summed E-state index contributed by atoms with van der Waals surface area (Å²) in [6.07, 6.45) is 2.49. The molecule has 20 heavy (non-hydrogen) atoms. The van der Waals surface area contributed by atoms with Crippen molar-refractivity contribution in [1.82, 2.24) is 10.2 Å². The number of amides is 1. The Morgan fingerprint density at radius 3 is 2.55 bits per heavy atom. The van der Waals surface area contributed by atoms with Gasteiger partial charge >= 0.3 is 0 Å². The number of nitrogens with one attached hydrogen (secondary N) is 1. The molecular formula is C16H23ClN2O. The molecule has 1 amide bonds. The monoisotopic (exact) mass is 294 g/mol. The summed E-state index contributed by atoms with van der Waals surface area (Å²) in [5, 5.41) is 3.04. The third-order valence-electron chi connectivity index (χ3n) is 3.91. The number of nitrogens with zero attached hydrogens (tertiary/aromatic N) is 1. The number of halogens is 1. The van der Waals surface area contributed by atoms with Gasteiger partial charge in [0.05, 0.1) is 6.04 Å². The van der Waals surface area contributed by atoms with Gasteiger partial charge in [-0.1, -0.05) is 37.3 Å². The maximum absolute atomic E-state index is 11.9. The number of alkyl halides is 1. The van der Waals surface area contributed by atoms with Crippen molar-refractivity contribution in [3.05, 3.63) is 35.9 Å². The molecule has 3 nitrogen and oxygen atoms in total. The number of hydrogen-bond donors (Lipinski definition) is 1. The smallest absolute Gasteiger partial charge is 0.224 e. The van der Waals surface area contributed by atoms with Gasteiger partial charge in [-0.3, -0.25) is 9.69 Å². The summed E-state index contributed by atoms with van der Waals surface area (Å²) in [6.45, 7) is 4.74. The van der Waals surface area contributed by atoms with Gasteiger partial charge in [-0.25, -0.2) is 0 Å². The van der Waals surface area contributed by atoms with Crippen LogP contribution in [-0.4, -0.2) is 36.3 Å². The summed E-state index contributed by atoms with van der Waals surface area (Å²) in [5.41, 5.74) is 1.27. The Morgan fingerprint density at radius 1 is 1.30 bits per heavy atom. The molecule has 0 bridgehead atoms. The lowest BCUT2D eigenvalue weighted by atomic mass is 10.1. The first-order valence-electron chi connectivity index (χ1n) is 7.35. The zero-order valence-electron chi connectivity index (χ0n) is 12.0. The van der Waals surface area contributed by atoms with E-state index in [4.69, 9.17) is 11.6 Å². The first kappa shape index (κ1) is 15.3. The fourth-order valence-corrected chi connectivity index (χ4v) is 2.77. The summed E-state index contributed by atoms with van der Waals surface area (Å²) in [6, 6.07) is 10.7. The number of hydrogen-bond acceptors (Lipinski definition) is 2. The van der Waals surface area contributed by atoms with Crippen LogP contribution in [0.4, 0.5) is 0 Å². The first-order chi connectivity index (χ1) is 9.72. The molecule has 1 aromatic rings. The summed E-state index contributed by atoms with van der Waals surface area (Å²) in [5.74, 6) is 0.276. The van der Waals surface area contributed by atoms with Crippen LogP contribution in [0.2, 0.25) is 0 Å². The van der Waals surface area contributed by atoms with Crippen LogP contribution < -0.4 is 5.32 Å². The van der Waals surface area contributed by atoms with Crippen molar-refractivity contribution < 1.29 is 4.79 Å². The SMILES string of the molecule is CC(CCl)C(=O)NCC(c1ccccc1)N1CCCC1. The third-order valence-corrected chi connectivity index (χ3v) is 4.38. The van der Waals surface area contributed by atoms with Gasteiger partial charge in [-0.05, 0) is 31.5 Å². The van der Waals surface area contributed by atoms with Gasteiger partial charge in [0.25, 0.3) is 0 Å². The lowest BCUT2D eigenvalue weighted by Gasteiger charge is -2.28. The fourth-order valence-electron chi connectivity index (χ4n) is 2.63. The molecule has 1 heterocycles. The largest absolute Gasteiger partial charge is 0.354 e. The number of carbonyl (C=O) groups excluding carboxylic acids is 1. The van der Waals surface area contributed by atoms with Crippen molar-refractivity contribution in [2.75, 3.05) is 25.5 Å². The van der Waals surface area contributed by atoms with E-state index in [-0.39, 0.29) is 17.9 Å². The molecule has 1 aliphatic rings. The molecule has 1 saturated heterocycles. The van der Waals surface area contributed by atoms with E-state index < -0.39 is 0 Å². The molecule has 2 rings (SSSR count). The van der Waals surface area contributed by atoms with Gasteiger partial charge in [0.15, 0.2) is 0 Å². The highest BCUT2D eigenvalue weighted by Crippen LogP contribution is 2.24. The Hall–Kier alpha value is -1.06. The van der Waals surface area contributed by atoms with E-state index in [1.54, 1.807) is 0 Å². The Balaban J connectivity index is 2.02. The van der Waals surface area contributed by atoms with Gasteiger partial charge in [0, 0.05) is 18.3 Å². The molecule has 0 aliphatic carbocycles. The van der Waals surface area contributed by atoms with Crippen LogP contribution in [0.25, 0.3) is 0 Å². The van der Waals surface area contributed by atoms with Crippen molar-refractivity contribution in [2.45, 2.75) is 25.8 Å². The molecule has 0 radical (unpaired) electrons. The zero-order valence-corrected chi connectivity index (χ0v) is 12.8. The Morgan fingerprint density at radius 2 is 1.95 bits per heavy atom. The average Bonchev–Trinajstić information content (AvgIpc) is 3.01. The lowest BCUT2D eigenvalue weighted by molar-refractivity contribution is -0.124. The number of rotatable bonds is 6. The molecule has 1 aromatic carbocycles. The number of benzene rings is 1. The number of likely N-dealkylation sites (tertiary alicyclic amines) is 1. The van der Waals surface area contributed by atoms with Gasteiger partial charge in [0.1, 0.15) is 0 Å². The molecule has 0 spiro atoms. The average molecular weight is 295 g/mol. The first-order valence-corrected chi connectivity index (χ1v) is 7.88. The van der Waals surface area contributed by atoms with Crippen molar-refractivity contribution in [2.24, 2.45) is 5.92 Å². The second-order valence-electron chi connectivity index (χ2n) is 5.47. The number of carbonyl (C=O) groups is 1. The van der Waals surface area contributed by atoms with Crippen molar-refractivity contribution >= 4 is 17.5 Å². The lowest BCUT2D eigenvalue weighted by Crippen LogP contribution is -2.39. The van der Waals surface area contributed by atoms with Crippen molar-refractivity contribution in [1.29, 1.82) is 0 Å². The molecule has 2 atom stereocenters. The van der Waals surface area contributed by atoms with Gasteiger partial charge in [-0.2, -0.15) is 0 Å². The predicted molar refractivity (Wildman–Crippen MR) is 82.9 cm³/mol. The van der Waals surface area contributed by atoms with Gasteiger partial charge < -0.3 is 5.32 Å². The fraction of sp³-hybridized carbons (Fsp3) is 0.562. The predicted octanol–water partition coefficient (Wildman–Crippen LogP) is 2.81. The van der Waals surface area contributed by atoms with E-state index in [0.717, 1.165) is 13.1 Å². The second-order valence-corrected chi connectivity index (χ2v) is 5.78. The minimum Gasteiger partial charge on any atom is -0.354 e. The molecule has 2 unspecified atom stereocenters. The maximum atomic E-state index is 11.9. The molecule has 1 N–H and O–H groups in total. The standard InChI is InChI=1S/C16H23ClN2O/c1-13(11-17)16(20)18-12-15(19-9-5-6-10-19)14-7-3-2-4-8-14/h2-4,7-8,13,15H,5-6,9-12H2,1H3,(H,18,20). The van der Waals surface area contributed by atoms with E-state index in [1.807, 2.05) is 13.0 Å². The van der Waals surface area contributed by atoms with E-state index in [1.165, 1.54) is 18.4 Å². The zero-order chi connectivity index (χ0) is 14.4. The Kier molecular flexibility index (Phi) is 5.86. The molecule has 4 heteroatoms. The molecule has 0 saturated carbocycles. The molecule has 1 fully saturated rings. The summed E-state index contributed by atoms with van der Waals surface area (Å²) < 4.78 is 0. The maximum Gasteiger partial charge on any atom is 0.224 e. The van der Waals surface area contributed by atoms with Crippen LogP contribution in [0.5, 0.6) is 0 Å². The van der Waals surface area contributed by atoms with Gasteiger partial charge in [-0.15, -0.1) is 11.6 Å². The molecular weight excluding hydrogens is 272 g/mol. The van der Waals surface area contributed by atoms with Crippen LogP contribution in [0.1, 0.15) is 31.4 Å². The van der Waals surface area contributed by atoms with E-state index in [0.29, 0.717) is 12.4 Å². The Bertz CT molecular complexity index is 418. The molecule has 1 aliphatic heterocycles. The van der Waals surface area contributed by atoms with Crippen LogP contribution in [0, 0.1) is 5.92 Å². The highest BCUT2D eigenvalue weighted by Gasteiger charge is 2.24.